The Morgan fingerprint density at radius 3 is 2.09 bits per heavy atom. The second-order valence-corrected chi connectivity index (χ2v) is 6.22. The summed E-state index contributed by atoms with van der Waals surface area (Å²) in [6.07, 6.45) is 9.32. The maximum absolute atomic E-state index is 10.9. The first-order chi connectivity index (χ1) is 9.53. The van der Waals surface area contributed by atoms with Crippen molar-refractivity contribution in [3.05, 3.63) is 29.8 Å². The second kappa shape index (κ2) is 12.6. The Labute approximate surface area is 133 Å². The van der Waals surface area contributed by atoms with Crippen LogP contribution < -0.4 is 16.8 Å². The summed E-state index contributed by atoms with van der Waals surface area (Å²) in [6.45, 7) is 2.21. The molecule has 1 rings (SSSR count). The predicted molar refractivity (Wildman–Crippen MR) is 90.9 cm³/mol. The minimum absolute atomic E-state index is 0. The van der Waals surface area contributed by atoms with Crippen LogP contribution in [0.5, 0.6) is 5.75 Å². The van der Waals surface area contributed by atoms with Crippen molar-refractivity contribution in [2.45, 2.75) is 58.3 Å². The summed E-state index contributed by atoms with van der Waals surface area (Å²) in [5, 5.41) is 0. The van der Waals surface area contributed by atoms with Crippen LogP contribution in [0.4, 0.5) is 0 Å². The van der Waals surface area contributed by atoms with Gasteiger partial charge in [0.25, 0.3) is 0 Å². The SMILES string of the molecule is CCCCCCCCCc1ccccc1OP(=O)(O)O.N.N. The molecule has 130 valence electrons. The Bertz CT molecular complexity index is 437. The minimum atomic E-state index is -4.47. The lowest BCUT2D eigenvalue weighted by Gasteiger charge is -2.11. The molecule has 0 radical (unpaired) electrons. The molecule has 8 N–H and O–H groups in total. The van der Waals surface area contributed by atoms with Gasteiger partial charge in [0.15, 0.2) is 0 Å². The average Bonchev–Trinajstić information content (AvgIpc) is 2.38. The van der Waals surface area contributed by atoms with Crippen LogP contribution in [0, 0.1) is 0 Å². The van der Waals surface area contributed by atoms with Gasteiger partial charge in [0.1, 0.15) is 5.75 Å². The standard InChI is InChI=1S/C15H25O4P.2H3N/c1-2-3-4-5-6-7-8-11-14-12-9-10-13-15(14)19-20(16,17)18;;/h9-10,12-13H,2-8,11H2,1H3,(H2,16,17,18);2*1H3. The molecule has 0 heterocycles. The molecule has 0 aliphatic carbocycles. The Balaban J connectivity index is 0. The molecule has 0 spiro atoms. The molecular weight excluding hydrogens is 303 g/mol. The zero-order valence-electron chi connectivity index (χ0n) is 13.5. The van der Waals surface area contributed by atoms with Gasteiger partial charge in [0.2, 0.25) is 0 Å². The molecule has 0 aliphatic heterocycles. The summed E-state index contributed by atoms with van der Waals surface area (Å²) in [5.41, 5.74) is 0.865. The van der Waals surface area contributed by atoms with E-state index in [4.69, 9.17) is 14.3 Å². The van der Waals surface area contributed by atoms with Crippen LogP contribution in [0.15, 0.2) is 24.3 Å². The van der Waals surface area contributed by atoms with Crippen LogP contribution in [-0.2, 0) is 11.0 Å². The first-order valence-corrected chi connectivity index (χ1v) is 8.89. The van der Waals surface area contributed by atoms with Gasteiger partial charge >= 0.3 is 7.82 Å². The summed E-state index contributed by atoms with van der Waals surface area (Å²) in [6, 6.07) is 7.06. The van der Waals surface area contributed by atoms with E-state index in [1.54, 1.807) is 12.1 Å². The molecule has 1 aromatic rings. The molecule has 7 heteroatoms. The van der Waals surface area contributed by atoms with E-state index in [1.165, 1.54) is 32.1 Å². The highest BCUT2D eigenvalue weighted by molar-refractivity contribution is 7.46. The lowest BCUT2D eigenvalue weighted by Crippen LogP contribution is -1.95. The summed E-state index contributed by atoms with van der Waals surface area (Å²) < 4.78 is 15.6. The van der Waals surface area contributed by atoms with Gasteiger partial charge in [-0.2, -0.15) is 0 Å². The van der Waals surface area contributed by atoms with Crippen LogP contribution in [0.2, 0.25) is 0 Å². The number of aryl methyl sites for hydroxylation is 1. The maximum atomic E-state index is 10.9. The number of unbranched alkanes of at least 4 members (excludes halogenated alkanes) is 6. The smallest absolute Gasteiger partial charge is 0.404 e. The zero-order valence-corrected chi connectivity index (χ0v) is 14.4. The van der Waals surface area contributed by atoms with Crippen LogP contribution >= 0.6 is 7.82 Å². The highest BCUT2D eigenvalue weighted by atomic mass is 31.2. The molecule has 0 unspecified atom stereocenters. The first-order valence-electron chi connectivity index (χ1n) is 7.36. The molecular formula is C15H31N2O4P. The molecule has 0 amide bonds. The van der Waals surface area contributed by atoms with Crippen molar-refractivity contribution in [1.29, 1.82) is 0 Å². The number of para-hydroxylation sites is 1. The van der Waals surface area contributed by atoms with Gasteiger partial charge in [-0.1, -0.05) is 63.6 Å². The lowest BCUT2D eigenvalue weighted by atomic mass is 10.0. The van der Waals surface area contributed by atoms with Crippen LogP contribution in [-0.4, -0.2) is 9.79 Å². The second-order valence-electron chi connectivity index (χ2n) is 5.06. The molecule has 22 heavy (non-hydrogen) atoms. The quantitative estimate of drug-likeness (QED) is 0.359. The van der Waals surface area contributed by atoms with Gasteiger partial charge in [-0.25, -0.2) is 4.57 Å². The number of phosphoric ester groups is 1. The van der Waals surface area contributed by atoms with E-state index < -0.39 is 7.82 Å². The maximum Gasteiger partial charge on any atom is 0.524 e. The molecule has 0 aromatic heterocycles. The van der Waals surface area contributed by atoms with E-state index in [-0.39, 0.29) is 12.3 Å². The molecule has 0 aliphatic rings. The van der Waals surface area contributed by atoms with Crippen molar-refractivity contribution in [2.75, 3.05) is 0 Å². The fourth-order valence-corrected chi connectivity index (χ4v) is 2.63. The number of rotatable bonds is 10. The van der Waals surface area contributed by atoms with Gasteiger partial charge in [0, 0.05) is 0 Å². The van der Waals surface area contributed by atoms with Crippen LogP contribution in [0.25, 0.3) is 0 Å². The monoisotopic (exact) mass is 334 g/mol. The first kappa shape index (κ1) is 23.4. The van der Waals surface area contributed by atoms with Crippen molar-refractivity contribution < 1.29 is 18.9 Å². The number of hydrogen-bond donors (Lipinski definition) is 4. The lowest BCUT2D eigenvalue weighted by molar-refractivity contribution is 0.282. The zero-order chi connectivity index (χ0) is 14.8. The Morgan fingerprint density at radius 1 is 0.955 bits per heavy atom. The fourth-order valence-electron chi connectivity index (χ4n) is 2.20. The molecule has 0 saturated heterocycles. The molecule has 0 fully saturated rings. The van der Waals surface area contributed by atoms with Gasteiger partial charge in [0.05, 0.1) is 0 Å². The summed E-state index contributed by atoms with van der Waals surface area (Å²) >= 11 is 0. The third kappa shape index (κ3) is 10.8. The Kier molecular flexibility index (Phi) is 13.4. The van der Waals surface area contributed by atoms with E-state index in [1.807, 2.05) is 12.1 Å². The molecule has 0 saturated carbocycles. The average molecular weight is 334 g/mol. The molecule has 1 aromatic carbocycles. The fraction of sp³-hybridized carbons (Fsp3) is 0.600. The Morgan fingerprint density at radius 2 is 1.50 bits per heavy atom. The summed E-state index contributed by atoms with van der Waals surface area (Å²) in [7, 11) is -4.47. The van der Waals surface area contributed by atoms with Crippen molar-refractivity contribution in [1.82, 2.24) is 12.3 Å². The Hall–Kier alpha value is -0.910. The number of benzene rings is 1. The van der Waals surface area contributed by atoms with E-state index in [2.05, 4.69) is 6.92 Å². The van der Waals surface area contributed by atoms with Crippen molar-refractivity contribution >= 4 is 7.82 Å². The normalized spacial score (nSPS) is 10.5. The number of hydrogen-bond acceptors (Lipinski definition) is 4. The van der Waals surface area contributed by atoms with Crippen LogP contribution in [0.3, 0.4) is 0 Å². The van der Waals surface area contributed by atoms with Crippen LogP contribution in [0.1, 0.15) is 57.4 Å². The largest absolute Gasteiger partial charge is 0.524 e. The molecule has 0 atom stereocenters. The minimum Gasteiger partial charge on any atom is -0.404 e. The van der Waals surface area contributed by atoms with Gasteiger partial charge in [-0.15, -0.1) is 0 Å². The van der Waals surface area contributed by atoms with Crippen molar-refractivity contribution in [2.24, 2.45) is 0 Å². The van der Waals surface area contributed by atoms with Gasteiger partial charge < -0.3 is 16.8 Å². The summed E-state index contributed by atoms with van der Waals surface area (Å²) in [5.74, 6) is 0.298. The van der Waals surface area contributed by atoms with E-state index >= 15 is 0 Å². The van der Waals surface area contributed by atoms with E-state index in [0.29, 0.717) is 5.75 Å². The number of phosphoric acid groups is 1. The van der Waals surface area contributed by atoms with E-state index in [9.17, 15) is 4.57 Å². The topological polar surface area (TPSA) is 137 Å². The molecule has 6 nitrogen and oxygen atoms in total. The third-order valence-corrected chi connectivity index (χ3v) is 3.67. The van der Waals surface area contributed by atoms with Gasteiger partial charge in [-0.05, 0) is 24.5 Å². The van der Waals surface area contributed by atoms with E-state index in [0.717, 1.165) is 24.8 Å². The summed E-state index contributed by atoms with van der Waals surface area (Å²) in [4.78, 5) is 17.8. The molecule has 0 bridgehead atoms. The predicted octanol–water partition coefficient (Wildman–Crippen LogP) is 4.78. The highest BCUT2D eigenvalue weighted by Crippen LogP contribution is 2.39. The third-order valence-electron chi connectivity index (χ3n) is 3.24. The van der Waals surface area contributed by atoms with Crippen molar-refractivity contribution in [3.8, 4) is 5.75 Å². The van der Waals surface area contributed by atoms with Crippen molar-refractivity contribution in [3.63, 3.8) is 0 Å². The van der Waals surface area contributed by atoms with Gasteiger partial charge in [-0.3, -0.25) is 9.79 Å². The highest BCUT2D eigenvalue weighted by Gasteiger charge is 2.17.